The summed E-state index contributed by atoms with van der Waals surface area (Å²) >= 11 is 5.80. The number of nitrogens with zero attached hydrogens (tertiary/aromatic N) is 1. The van der Waals surface area contributed by atoms with Crippen LogP contribution in [0.25, 0.3) is 0 Å². The zero-order valence-electron chi connectivity index (χ0n) is 8.34. The largest absolute Gasteiger partial charge is 0.386 e. The van der Waals surface area contributed by atoms with E-state index in [0.717, 1.165) is 12.0 Å². The maximum absolute atomic E-state index is 9.69. The first-order valence-electron chi connectivity index (χ1n) is 4.16. The molecular weight excluding hydrogens is 186 g/mol. The van der Waals surface area contributed by atoms with Crippen LogP contribution in [0, 0.1) is 0 Å². The first-order chi connectivity index (χ1) is 5.91. The molecule has 0 amide bonds. The van der Waals surface area contributed by atoms with Crippen LogP contribution in [0.15, 0.2) is 27.9 Å². The quantitative estimate of drug-likeness (QED) is 0.551. The van der Waals surface area contributed by atoms with E-state index in [1.54, 1.807) is 19.9 Å². The second-order valence-electron chi connectivity index (χ2n) is 3.28. The number of rotatable bonds is 4. The number of aliphatic imine (C=N–C) groups is 1. The van der Waals surface area contributed by atoms with Crippen LogP contribution in [0.4, 0.5) is 0 Å². The van der Waals surface area contributed by atoms with Crippen LogP contribution in [0.2, 0.25) is 0 Å². The fraction of sp³-hybridized carbons (Fsp3) is 0.500. The van der Waals surface area contributed by atoms with E-state index >= 15 is 0 Å². The summed E-state index contributed by atoms with van der Waals surface area (Å²) in [5.74, 6) is 0. The van der Waals surface area contributed by atoms with Crippen LogP contribution < -0.4 is 0 Å². The molecular formula is C10H16ClNO. The molecule has 0 heterocycles. The fourth-order valence-electron chi connectivity index (χ4n) is 1.00. The first-order valence-corrected chi connectivity index (χ1v) is 4.54. The minimum absolute atomic E-state index is 0.481. The molecule has 0 aliphatic heterocycles. The Labute approximate surface area is 84.6 Å². The Hall–Kier alpha value is -0.600. The Morgan fingerprint density at radius 2 is 2.15 bits per heavy atom. The Morgan fingerprint density at radius 3 is 2.46 bits per heavy atom. The Kier molecular flexibility index (Phi) is 4.96. The van der Waals surface area contributed by atoms with Crippen molar-refractivity contribution in [3.8, 4) is 0 Å². The molecule has 13 heavy (non-hydrogen) atoms. The fourth-order valence-corrected chi connectivity index (χ4v) is 1.20. The van der Waals surface area contributed by atoms with Crippen LogP contribution in [-0.4, -0.2) is 17.4 Å². The first kappa shape index (κ1) is 12.4. The molecule has 0 spiro atoms. The van der Waals surface area contributed by atoms with Crippen molar-refractivity contribution in [2.75, 3.05) is 0 Å². The molecule has 0 radical (unpaired) electrons. The minimum Gasteiger partial charge on any atom is -0.386 e. The summed E-state index contributed by atoms with van der Waals surface area (Å²) in [6.07, 6.45) is 3.92. The zero-order valence-corrected chi connectivity index (χ0v) is 9.10. The molecule has 0 aromatic rings. The van der Waals surface area contributed by atoms with E-state index in [1.165, 1.54) is 6.20 Å². The SMILES string of the molecule is C=N/C=C(Cl)\C=C(/CC)C(C)(C)O. The third-order valence-corrected chi connectivity index (χ3v) is 1.90. The van der Waals surface area contributed by atoms with E-state index in [1.807, 2.05) is 6.92 Å². The van der Waals surface area contributed by atoms with E-state index < -0.39 is 5.60 Å². The third-order valence-electron chi connectivity index (χ3n) is 1.69. The minimum atomic E-state index is -0.829. The van der Waals surface area contributed by atoms with Crippen LogP contribution in [0.5, 0.6) is 0 Å². The van der Waals surface area contributed by atoms with Gasteiger partial charge in [-0.2, -0.15) is 0 Å². The van der Waals surface area contributed by atoms with E-state index in [0.29, 0.717) is 5.03 Å². The number of aliphatic hydroxyl groups is 1. The van der Waals surface area contributed by atoms with Crippen molar-refractivity contribution in [1.82, 2.24) is 0 Å². The average molecular weight is 202 g/mol. The molecule has 0 atom stereocenters. The lowest BCUT2D eigenvalue weighted by Crippen LogP contribution is -2.21. The van der Waals surface area contributed by atoms with Gasteiger partial charge in [-0.25, -0.2) is 0 Å². The van der Waals surface area contributed by atoms with Crippen LogP contribution in [0.1, 0.15) is 27.2 Å². The Morgan fingerprint density at radius 1 is 1.62 bits per heavy atom. The average Bonchev–Trinajstić information content (AvgIpc) is 1.98. The van der Waals surface area contributed by atoms with Crippen molar-refractivity contribution < 1.29 is 5.11 Å². The molecule has 0 aromatic heterocycles. The van der Waals surface area contributed by atoms with Crippen molar-refractivity contribution in [2.45, 2.75) is 32.8 Å². The van der Waals surface area contributed by atoms with E-state index in [2.05, 4.69) is 11.7 Å². The summed E-state index contributed by atoms with van der Waals surface area (Å²) in [6, 6.07) is 0. The van der Waals surface area contributed by atoms with Gasteiger partial charge in [0.1, 0.15) is 0 Å². The second-order valence-corrected chi connectivity index (χ2v) is 3.72. The molecule has 0 fully saturated rings. The van der Waals surface area contributed by atoms with Crippen LogP contribution in [-0.2, 0) is 0 Å². The zero-order chi connectivity index (χ0) is 10.5. The van der Waals surface area contributed by atoms with Gasteiger partial charge in [0, 0.05) is 6.20 Å². The van der Waals surface area contributed by atoms with Crippen molar-refractivity contribution in [2.24, 2.45) is 4.99 Å². The monoisotopic (exact) mass is 201 g/mol. The predicted molar refractivity (Wildman–Crippen MR) is 58.2 cm³/mol. The predicted octanol–water partition coefficient (Wildman–Crippen LogP) is 2.87. The molecule has 0 rings (SSSR count). The summed E-state index contributed by atoms with van der Waals surface area (Å²) in [4.78, 5) is 3.53. The lowest BCUT2D eigenvalue weighted by molar-refractivity contribution is 0.116. The van der Waals surface area contributed by atoms with E-state index in [9.17, 15) is 5.11 Å². The molecule has 0 saturated carbocycles. The molecule has 0 unspecified atom stereocenters. The number of hydrogen-bond donors (Lipinski definition) is 1. The Balaban J connectivity index is 4.77. The van der Waals surface area contributed by atoms with Gasteiger partial charge in [-0.05, 0) is 38.6 Å². The van der Waals surface area contributed by atoms with Gasteiger partial charge in [-0.1, -0.05) is 18.5 Å². The van der Waals surface area contributed by atoms with Gasteiger partial charge >= 0.3 is 0 Å². The summed E-state index contributed by atoms with van der Waals surface area (Å²) < 4.78 is 0. The lowest BCUT2D eigenvalue weighted by atomic mass is 9.95. The second kappa shape index (κ2) is 5.20. The van der Waals surface area contributed by atoms with Gasteiger partial charge < -0.3 is 5.11 Å². The number of allylic oxidation sites excluding steroid dienone is 2. The molecule has 74 valence electrons. The van der Waals surface area contributed by atoms with Gasteiger partial charge in [0.2, 0.25) is 0 Å². The van der Waals surface area contributed by atoms with Gasteiger partial charge in [-0.15, -0.1) is 0 Å². The van der Waals surface area contributed by atoms with Crippen molar-refractivity contribution in [3.05, 3.63) is 22.9 Å². The third kappa shape index (κ3) is 4.86. The molecule has 2 nitrogen and oxygen atoms in total. The molecule has 0 aliphatic carbocycles. The summed E-state index contributed by atoms with van der Waals surface area (Å²) in [5.41, 5.74) is 0.0431. The maximum atomic E-state index is 9.69. The van der Waals surface area contributed by atoms with E-state index in [-0.39, 0.29) is 0 Å². The van der Waals surface area contributed by atoms with Crippen molar-refractivity contribution >= 4 is 18.3 Å². The standard InChI is InChI=1S/C10H16ClNO/c1-5-8(10(2,3)13)6-9(11)7-12-4/h6-7,13H,4-5H2,1-3H3/b8-6+,9-7+. The van der Waals surface area contributed by atoms with Gasteiger partial charge in [0.25, 0.3) is 0 Å². The lowest BCUT2D eigenvalue weighted by Gasteiger charge is -2.20. The molecule has 0 saturated heterocycles. The van der Waals surface area contributed by atoms with Crippen molar-refractivity contribution in [1.29, 1.82) is 0 Å². The summed E-state index contributed by atoms with van der Waals surface area (Å²) in [7, 11) is 0. The molecule has 0 aromatic carbocycles. The number of halogens is 1. The van der Waals surface area contributed by atoms with Crippen LogP contribution >= 0.6 is 11.6 Å². The highest BCUT2D eigenvalue weighted by molar-refractivity contribution is 6.31. The normalized spacial score (nSPS) is 14.5. The topological polar surface area (TPSA) is 32.6 Å². The van der Waals surface area contributed by atoms with Gasteiger partial charge in [0.05, 0.1) is 10.6 Å². The number of hydrogen-bond acceptors (Lipinski definition) is 2. The Bertz CT molecular complexity index is 236. The highest BCUT2D eigenvalue weighted by Crippen LogP contribution is 2.21. The van der Waals surface area contributed by atoms with Gasteiger partial charge in [0.15, 0.2) is 0 Å². The van der Waals surface area contributed by atoms with Crippen molar-refractivity contribution in [3.63, 3.8) is 0 Å². The van der Waals surface area contributed by atoms with E-state index in [4.69, 9.17) is 11.6 Å². The molecule has 1 N–H and O–H groups in total. The summed E-state index contributed by atoms with van der Waals surface area (Å²) in [5, 5.41) is 10.2. The molecule has 0 bridgehead atoms. The smallest absolute Gasteiger partial charge is 0.0804 e. The highest BCUT2D eigenvalue weighted by atomic mass is 35.5. The molecule has 0 aliphatic rings. The molecule has 3 heteroatoms. The summed E-state index contributed by atoms with van der Waals surface area (Å²) in [6.45, 7) is 8.72. The van der Waals surface area contributed by atoms with Gasteiger partial charge in [-0.3, -0.25) is 4.99 Å². The van der Waals surface area contributed by atoms with Crippen LogP contribution in [0.3, 0.4) is 0 Å². The highest BCUT2D eigenvalue weighted by Gasteiger charge is 2.17. The maximum Gasteiger partial charge on any atom is 0.0804 e.